The van der Waals surface area contributed by atoms with Crippen LogP contribution in [-0.2, 0) is 27.5 Å². The Kier molecular flexibility index (Phi) is 6.59. The molecular weight excluding hydrogens is 410 g/mol. The summed E-state index contributed by atoms with van der Waals surface area (Å²) in [4.78, 5) is 36.5. The van der Waals surface area contributed by atoms with Crippen LogP contribution in [0.5, 0.6) is 0 Å². The van der Waals surface area contributed by atoms with E-state index < -0.39 is 11.8 Å². The fourth-order valence-corrected chi connectivity index (χ4v) is 3.69. The first-order valence-corrected chi connectivity index (χ1v) is 10.6. The van der Waals surface area contributed by atoms with Gasteiger partial charge in [-0.05, 0) is 36.6 Å². The standard InChI is InChI=1S/C22H25N7O3/c30-20(26-17-6-1-2-7-17)15-28-14-18(13-25-28)27-22(32)21(31)23-12-16-5-3-8-19(11-16)29-10-4-9-24-29/h3-5,8-11,13-14,17H,1-2,6-7,12,15H2,(H,23,31)(H,26,30)(H,27,32). The molecule has 10 nitrogen and oxygen atoms in total. The molecule has 1 aliphatic carbocycles. The number of aromatic nitrogens is 4. The Morgan fingerprint density at radius 2 is 1.91 bits per heavy atom. The number of rotatable bonds is 7. The van der Waals surface area contributed by atoms with E-state index in [2.05, 4.69) is 26.1 Å². The zero-order valence-electron chi connectivity index (χ0n) is 17.5. The molecule has 2 aromatic heterocycles. The van der Waals surface area contributed by atoms with Gasteiger partial charge in [-0.3, -0.25) is 19.1 Å². The highest BCUT2D eigenvalue weighted by Crippen LogP contribution is 2.17. The maximum absolute atomic E-state index is 12.2. The third-order valence-electron chi connectivity index (χ3n) is 5.26. The quantitative estimate of drug-likeness (QED) is 0.484. The second kappa shape index (κ2) is 9.90. The monoisotopic (exact) mass is 435 g/mol. The van der Waals surface area contributed by atoms with Crippen molar-refractivity contribution in [3.63, 3.8) is 0 Å². The van der Waals surface area contributed by atoms with E-state index in [1.54, 1.807) is 10.9 Å². The van der Waals surface area contributed by atoms with Gasteiger partial charge in [0, 0.05) is 31.2 Å². The molecule has 3 amide bonds. The summed E-state index contributed by atoms with van der Waals surface area (Å²) >= 11 is 0. The number of hydrogen-bond acceptors (Lipinski definition) is 5. The molecule has 0 aliphatic heterocycles. The minimum Gasteiger partial charge on any atom is -0.352 e. The van der Waals surface area contributed by atoms with Crippen molar-refractivity contribution in [1.82, 2.24) is 30.2 Å². The van der Waals surface area contributed by atoms with Crippen LogP contribution in [-0.4, -0.2) is 43.3 Å². The van der Waals surface area contributed by atoms with Gasteiger partial charge in [-0.25, -0.2) is 4.68 Å². The normalized spacial score (nSPS) is 13.6. The van der Waals surface area contributed by atoms with Gasteiger partial charge < -0.3 is 16.0 Å². The molecule has 1 saturated carbocycles. The fraction of sp³-hybridized carbons (Fsp3) is 0.318. The topological polar surface area (TPSA) is 123 Å². The van der Waals surface area contributed by atoms with E-state index in [4.69, 9.17) is 0 Å². The van der Waals surface area contributed by atoms with E-state index in [9.17, 15) is 14.4 Å². The molecule has 166 valence electrons. The molecule has 0 atom stereocenters. The van der Waals surface area contributed by atoms with Gasteiger partial charge >= 0.3 is 11.8 Å². The molecule has 3 aromatic rings. The molecule has 0 radical (unpaired) electrons. The van der Waals surface area contributed by atoms with E-state index in [0.29, 0.717) is 5.69 Å². The van der Waals surface area contributed by atoms with Crippen molar-refractivity contribution in [1.29, 1.82) is 0 Å². The predicted molar refractivity (Wildman–Crippen MR) is 117 cm³/mol. The summed E-state index contributed by atoms with van der Waals surface area (Å²) in [5.74, 6) is -1.68. The van der Waals surface area contributed by atoms with Crippen molar-refractivity contribution < 1.29 is 14.4 Å². The summed E-state index contributed by atoms with van der Waals surface area (Å²) in [5.41, 5.74) is 2.04. The van der Waals surface area contributed by atoms with Crippen molar-refractivity contribution in [3.8, 4) is 5.69 Å². The first kappa shape index (κ1) is 21.3. The summed E-state index contributed by atoms with van der Waals surface area (Å²) in [6.07, 6.45) is 10.7. The summed E-state index contributed by atoms with van der Waals surface area (Å²) in [6, 6.07) is 9.55. The van der Waals surface area contributed by atoms with Gasteiger partial charge in [0.05, 0.1) is 17.6 Å². The third kappa shape index (κ3) is 5.60. The Morgan fingerprint density at radius 3 is 2.69 bits per heavy atom. The van der Waals surface area contributed by atoms with Crippen LogP contribution in [0.25, 0.3) is 5.69 Å². The number of anilines is 1. The van der Waals surface area contributed by atoms with Gasteiger partial charge in [-0.15, -0.1) is 0 Å². The number of benzene rings is 1. The fourth-order valence-electron chi connectivity index (χ4n) is 3.69. The lowest BCUT2D eigenvalue weighted by atomic mass is 10.2. The summed E-state index contributed by atoms with van der Waals surface area (Å²) in [5, 5.41) is 16.3. The van der Waals surface area contributed by atoms with E-state index in [1.165, 1.54) is 17.1 Å². The Balaban J connectivity index is 1.25. The van der Waals surface area contributed by atoms with Crippen LogP contribution in [0.1, 0.15) is 31.2 Å². The van der Waals surface area contributed by atoms with Crippen LogP contribution < -0.4 is 16.0 Å². The highest BCUT2D eigenvalue weighted by molar-refractivity contribution is 6.39. The van der Waals surface area contributed by atoms with Crippen molar-refractivity contribution in [2.24, 2.45) is 0 Å². The maximum atomic E-state index is 12.2. The number of carbonyl (C=O) groups excluding carboxylic acids is 3. The maximum Gasteiger partial charge on any atom is 0.313 e. The molecule has 1 aromatic carbocycles. The molecular formula is C22H25N7O3. The Morgan fingerprint density at radius 1 is 1.06 bits per heavy atom. The molecule has 3 N–H and O–H groups in total. The van der Waals surface area contributed by atoms with Gasteiger partial charge in [0.25, 0.3) is 0 Å². The smallest absolute Gasteiger partial charge is 0.313 e. The minimum atomic E-state index is -0.803. The van der Waals surface area contributed by atoms with E-state index in [0.717, 1.165) is 36.9 Å². The van der Waals surface area contributed by atoms with Crippen LogP contribution in [0, 0.1) is 0 Å². The molecule has 32 heavy (non-hydrogen) atoms. The van der Waals surface area contributed by atoms with E-state index >= 15 is 0 Å². The van der Waals surface area contributed by atoms with Crippen LogP contribution in [0.3, 0.4) is 0 Å². The first-order valence-electron chi connectivity index (χ1n) is 10.6. The highest BCUT2D eigenvalue weighted by Gasteiger charge is 2.18. The average Bonchev–Trinajstić information content (AvgIpc) is 3.56. The zero-order valence-corrected chi connectivity index (χ0v) is 17.5. The van der Waals surface area contributed by atoms with Crippen molar-refractivity contribution in [2.75, 3.05) is 5.32 Å². The second-order valence-corrected chi connectivity index (χ2v) is 7.73. The number of amides is 3. The second-order valence-electron chi connectivity index (χ2n) is 7.73. The van der Waals surface area contributed by atoms with Crippen LogP contribution in [0.2, 0.25) is 0 Å². The molecule has 1 aliphatic rings. The van der Waals surface area contributed by atoms with Crippen molar-refractivity contribution in [3.05, 3.63) is 60.7 Å². The SMILES string of the molecule is O=C(Cn1cc(NC(=O)C(=O)NCc2cccc(-n3cccn3)c2)cn1)NC1CCCC1. The lowest BCUT2D eigenvalue weighted by Gasteiger charge is -2.11. The molecule has 4 rings (SSSR count). The highest BCUT2D eigenvalue weighted by atomic mass is 16.2. The third-order valence-corrected chi connectivity index (χ3v) is 5.26. The van der Waals surface area contributed by atoms with Crippen LogP contribution in [0.15, 0.2) is 55.1 Å². The summed E-state index contributed by atoms with van der Waals surface area (Å²) in [6.45, 7) is 0.257. The van der Waals surface area contributed by atoms with E-state index in [-0.39, 0.29) is 25.0 Å². The Bertz CT molecular complexity index is 1080. The Hall–Kier alpha value is -3.95. The van der Waals surface area contributed by atoms with Crippen molar-refractivity contribution >= 4 is 23.4 Å². The van der Waals surface area contributed by atoms with Gasteiger partial charge in [0.2, 0.25) is 5.91 Å². The number of carbonyl (C=O) groups is 3. The number of nitrogens with zero attached hydrogens (tertiary/aromatic N) is 4. The lowest BCUT2D eigenvalue weighted by Crippen LogP contribution is -2.35. The molecule has 10 heteroatoms. The van der Waals surface area contributed by atoms with Crippen LogP contribution >= 0.6 is 0 Å². The zero-order chi connectivity index (χ0) is 22.3. The van der Waals surface area contributed by atoms with Gasteiger partial charge in [0.1, 0.15) is 6.54 Å². The summed E-state index contributed by atoms with van der Waals surface area (Å²) in [7, 11) is 0. The number of hydrogen-bond donors (Lipinski definition) is 3. The predicted octanol–water partition coefficient (Wildman–Crippen LogP) is 1.38. The first-order chi connectivity index (χ1) is 15.6. The minimum absolute atomic E-state index is 0.0607. The van der Waals surface area contributed by atoms with Gasteiger partial charge in [0.15, 0.2) is 0 Å². The van der Waals surface area contributed by atoms with Crippen LogP contribution in [0.4, 0.5) is 5.69 Å². The van der Waals surface area contributed by atoms with Gasteiger partial charge in [-0.1, -0.05) is 25.0 Å². The summed E-state index contributed by atoms with van der Waals surface area (Å²) < 4.78 is 3.14. The molecule has 0 spiro atoms. The lowest BCUT2D eigenvalue weighted by molar-refractivity contribution is -0.136. The van der Waals surface area contributed by atoms with Gasteiger partial charge in [-0.2, -0.15) is 10.2 Å². The molecule has 1 fully saturated rings. The number of nitrogens with one attached hydrogen (secondary N) is 3. The molecule has 2 heterocycles. The molecule has 0 saturated heterocycles. The largest absolute Gasteiger partial charge is 0.352 e. The average molecular weight is 435 g/mol. The molecule has 0 bridgehead atoms. The van der Waals surface area contributed by atoms with E-state index in [1.807, 2.05) is 36.5 Å². The Labute approximate surface area is 185 Å². The molecule has 0 unspecified atom stereocenters. The van der Waals surface area contributed by atoms with Crippen molar-refractivity contribution in [2.45, 2.75) is 44.8 Å².